The van der Waals surface area contributed by atoms with Crippen molar-refractivity contribution >= 4 is 11.7 Å². The van der Waals surface area contributed by atoms with E-state index in [2.05, 4.69) is 5.32 Å². The summed E-state index contributed by atoms with van der Waals surface area (Å²) in [5.74, 6) is -10.7. The van der Waals surface area contributed by atoms with Gasteiger partial charge in [0.2, 0.25) is 5.82 Å². The Balaban J connectivity index is 1.70. The van der Waals surface area contributed by atoms with Crippen molar-refractivity contribution in [2.45, 2.75) is 18.3 Å². The number of benzene rings is 2. The average Bonchev–Trinajstić information content (AvgIpc) is 3.42. The normalized spacial score (nSPS) is 14.9. The predicted molar refractivity (Wildman–Crippen MR) is 80.6 cm³/mol. The summed E-state index contributed by atoms with van der Waals surface area (Å²) in [4.78, 5) is 11.8. The van der Waals surface area contributed by atoms with Crippen LogP contribution in [-0.4, -0.2) is 12.6 Å². The van der Waals surface area contributed by atoms with Gasteiger partial charge in [-0.25, -0.2) is 26.7 Å². The molecule has 1 aliphatic rings. The number of halogens is 5. The van der Waals surface area contributed by atoms with Crippen LogP contribution < -0.4 is 10.6 Å². The summed E-state index contributed by atoms with van der Waals surface area (Å²) in [5.41, 5.74) is -0.639. The third-order valence-corrected chi connectivity index (χ3v) is 4.28. The molecule has 1 saturated carbocycles. The fourth-order valence-corrected chi connectivity index (χ4v) is 2.63. The van der Waals surface area contributed by atoms with Crippen LogP contribution in [0.5, 0.6) is 0 Å². The van der Waals surface area contributed by atoms with Gasteiger partial charge in [0, 0.05) is 12.0 Å². The van der Waals surface area contributed by atoms with E-state index < -0.39 is 40.8 Å². The molecular formula is C17H13F5N2O. The number of nitrogens with one attached hydrogen (secondary N) is 2. The maximum atomic E-state index is 13.6. The number of carbonyl (C=O) groups excluding carboxylic acids is 1. The van der Waals surface area contributed by atoms with Gasteiger partial charge in [-0.3, -0.25) is 0 Å². The zero-order chi connectivity index (χ0) is 18.2. The van der Waals surface area contributed by atoms with Crippen molar-refractivity contribution in [2.24, 2.45) is 0 Å². The van der Waals surface area contributed by atoms with Crippen molar-refractivity contribution in [3.05, 3.63) is 65.0 Å². The molecule has 2 aromatic carbocycles. The highest BCUT2D eigenvalue weighted by Gasteiger charge is 2.44. The van der Waals surface area contributed by atoms with E-state index in [0.717, 1.165) is 18.4 Å². The number of urea groups is 1. The molecule has 2 aromatic rings. The molecule has 8 heteroatoms. The fraction of sp³-hybridized carbons (Fsp3) is 0.235. The second-order valence-electron chi connectivity index (χ2n) is 5.90. The van der Waals surface area contributed by atoms with Gasteiger partial charge in [-0.05, 0) is 18.4 Å². The van der Waals surface area contributed by atoms with Gasteiger partial charge in [-0.2, -0.15) is 0 Å². The molecule has 0 bridgehead atoms. The minimum Gasteiger partial charge on any atom is -0.337 e. The van der Waals surface area contributed by atoms with Gasteiger partial charge in [-0.15, -0.1) is 0 Å². The number of carbonyl (C=O) groups is 1. The quantitative estimate of drug-likeness (QED) is 0.480. The van der Waals surface area contributed by atoms with Crippen molar-refractivity contribution in [3.63, 3.8) is 0 Å². The Labute approximate surface area is 139 Å². The van der Waals surface area contributed by atoms with E-state index >= 15 is 0 Å². The van der Waals surface area contributed by atoms with Crippen LogP contribution in [0.1, 0.15) is 18.4 Å². The summed E-state index contributed by atoms with van der Waals surface area (Å²) < 4.78 is 66.3. The molecule has 3 rings (SSSR count). The van der Waals surface area contributed by atoms with Gasteiger partial charge in [-0.1, -0.05) is 30.3 Å². The van der Waals surface area contributed by atoms with Crippen molar-refractivity contribution in [1.82, 2.24) is 5.32 Å². The molecule has 0 spiro atoms. The minimum absolute atomic E-state index is 0.179. The van der Waals surface area contributed by atoms with E-state index in [9.17, 15) is 26.7 Å². The molecule has 0 saturated heterocycles. The summed E-state index contributed by atoms with van der Waals surface area (Å²) >= 11 is 0. The maximum Gasteiger partial charge on any atom is 0.319 e. The first-order chi connectivity index (χ1) is 11.9. The second-order valence-corrected chi connectivity index (χ2v) is 5.90. The van der Waals surface area contributed by atoms with Crippen LogP contribution in [0.2, 0.25) is 0 Å². The highest BCUT2D eigenvalue weighted by Crippen LogP contribution is 2.47. The van der Waals surface area contributed by atoms with Crippen molar-refractivity contribution in [1.29, 1.82) is 0 Å². The van der Waals surface area contributed by atoms with E-state index in [0.29, 0.717) is 0 Å². The number of hydrogen-bond acceptors (Lipinski definition) is 1. The molecule has 2 amide bonds. The van der Waals surface area contributed by atoms with Gasteiger partial charge in [0.05, 0.1) is 0 Å². The summed E-state index contributed by atoms with van der Waals surface area (Å²) in [7, 11) is 0. The molecule has 3 nitrogen and oxygen atoms in total. The molecule has 0 radical (unpaired) electrons. The Bertz CT molecular complexity index is 793. The molecule has 0 heterocycles. The standard InChI is InChI=1S/C17H13F5N2O/c18-10-11(19)13(21)15(14(22)12(10)20)24-16(25)23-8-17(6-7-17)9-4-2-1-3-5-9/h1-5H,6-8H2,(H2,23,24,25). The van der Waals surface area contributed by atoms with Gasteiger partial charge >= 0.3 is 6.03 Å². The lowest BCUT2D eigenvalue weighted by atomic mass is 9.96. The van der Waals surface area contributed by atoms with Crippen molar-refractivity contribution < 1.29 is 26.7 Å². The zero-order valence-electron chi connectivity index (χ0n) is 12.8. The lowest BCUT2D eigenvalue weighted by Gasteiger charge is -2.17. The molecule has 0 aromatic heterocycles. The molecule has 2 N–H and O–H groups in total. The molecular weight excluding hydrogens is 343 g/mol. The van der Waals surface area contributed by atoms with Gasteiger partial charge in [0.15, 0.2) is 23.3 Å². The lowest BCUT2D eigenvalue weighted by Crippen LogP contribution is -2.36. The Kier molecular flexibility index (Phi) is 4.36. The molecule has 1 fully saturated rings. The monoisotopic (exact) mass is 356 g/mol. The Morgan fingerprint density at radius 2 is 1.40 bits per heavy atom. The van der Waals surface area contributed by atoms with Crippen molar-refractivity contribution in [3.8, 4) is 0 Å². The van der Waals surface area contributed by atoms with E-state index in [4.69, 9.17) is 0 Å². The predicted octanol–water partition coefficient (Wildman–Crippen LogP) is 4.24. The van der Waals surface area contributed by atoms with Crippen molar-refractivity contribution in [2.75, 3.05) is 11.9 Å². The average molecular weight is 356 g/mol. The third kappa shape index (κ3) is 3.16. The summed E-state index contributed by atoms with van der Waals surface area (Å²) in [5, 5.41) is 4.11. The molecule has 0 atom stereocenters. The first-order valence-corrected chi connectivity index (χ1v) is 7.47. The van der Waals surface area contributed by atoms with Crippen LogP contribution in [0.3, 0.4) is 0 Å². The van der Waals surface area contributed by atoms with Gasteiger partial charge < -0.3 is 10.6 Å². The number of rotatable bonds is 4. The zero-order valence-corrected chi connectivity index (χ0v) is 12.8. The van der Waals surface area contributed by atoms with Crippen LogP contribution in [-0.2, 0) is 5.41 Å². The van der Waals surface area contributed by atoms with E-state index in [1.807, 2.05) is 30.3 Å². The van der Waals surface area contributed by atoms with Crippen LogP contribution in [0.15, 0.2) is 30.3 Å². The van der Waals surface area contributed by atoms with E-state index in [1.54, 1.807) is 5.32 Å². The van der Waals surface area contributed by atoms with E-state index in [-0.39, 0.29) is 12.0 Å². The van der Waals surface area contributed by atoms with Gasteiger partial charge in [0.25, 0.3) is 0 Å². The summed E-state index contributed by atoms with van der Waals surface area (Å²) in [6, 6.07) is 8.30. The number of amides is 2. The molecule has 25 heavy (non-hydrogen) atoms. The first kappa shape index (κ1) is 17.2. The highest BCUT2D eigenvalue weighted by molar-refractivity contribution is 5.89. The number of hydrogen-bond donors (Lipinski definition) is 2. The fourth-order valence-electron chi connectivity index (χ4n) is 2.63. The van der Waals surface area contributed by atoms with Crippen LogP contribution in [0.25, 0.3) is 0 Å². The van der Waals surface area contributed by atoms with Gasteiger partial charge in [0.1, 0.15) is 5.69 Å². The maximum absolute atomic E-state index is 13.6. The second kappa shape index (κ2) is 6.34. The summed E-state index contributed by atoms with van der Waals surface area (Å²) in [6.07, 6.45) is 1.64. The number of anilines is 1. The molecule has 0 unspecified atom stereocenters. The SMILES string of the molecule is O=C(NCC1(c2ccccc2)CC1)Nc1c(F)c(F)c(F)c(F)c1F. The molecule has 0 aliphatic heterocycles. The highest BCUT2D eigenvalue weighted by atomic mass is 19.2. The third-order valence-electron chi connectivity index (χ3n) is 4.28. The topological polar surface area (TPSA) is 41.1 Å². The smallest absolute Gasteiger partial charge is 0.319 e. The Morgan fingerprint density at radius 1 is 0.880 bits per heavy atom. The molecule has 132 valence electrons. The summed E-state index contributed by atoms with van der Waals surface area (Å²) in [6.45, 7) is 0.179. The van der Waals surface area contributed by atoms with Crippen LogP contribution >= 0.6 is 0 Å². The Morgan fingerprint density at radius 3 is 1.92 bits per heavy atom. The van der Waals surface area contributed by atoms with Crippen LogP contribution in [0.4, 0.5) is 32.4 Å². The first-order valence-electron chi connectivity index (χ1n) is 7.47. The Hall–Kier alpha value is -2.64. The molecule has 1 aliphatic carbocycles. The van der Waals surface area contributed by atoms with E-state index in [1.165, 1.54) is 0 Å². The minimum atomic E-state index is -2.28. The van der Waals surface area contributed by atoms with Crippen LogP contribution in [0, 0.1) is 29.1 Å². The largest absolute Gasteiger partial charge is 0.337 e. The lowest BCUT2D eigenvalue weighted by molar-refractivity contribution is 0.250.